The van der Waals surface area contributed by atoms with Crippen molar-refractivity contribution in [2.24, 2.45) is 11.8 Å². The van der Waals surface area contributed by atoms with Crippen LogP contribution in [0.1, 0.15) is 19.3 Å². The highest BCUT2D eigenvalue weighted by molar-refractivity contribution is 6.36. The summed E-state index contributed by atoms with van der Waals surface area (Å²) in [6.45, 7) is 0. The number of fused-ring (bicyclic) bond motifs is 1. The summed E-state index contributed by atoms with van der Waals surface area (Å²) in [4.78, 5) is 25.7. The summed E-state index contributed by atoms with van der Waals surface area (Å²) < 4.78 is 0. The zero-order chi connectivity index (χ0) is 12.9. The Morgan fingerprint density at radius 2 is 1.78 bits per heavy atom. The summed E-state index contributed by atoms with van der Waals surface area (Å²) in [5, 5.41) is 0.380. The van der Waals surface area contributed by atoms with Crippen LogP contribution in [-0.4, -0.2) is 11.8 Å². The molecule has 0 bridgehead atoms. The Morgan fingerprint density at radius 1 is 1.17 bits per heavy atom. The largest absolute Gasteiger partial charge is 0.399 e. The summed E-state index contributed by atoms with van der Waals surface area (Å²) in [7, 11) is 0. The van der Waals surface area contributed by atoms with Crippen LogP contribution in [-0.2, 0) is 9.59 Å². The summed E-state index contributed by atoms with van der Waals surface area (Å²) in [5.74, 6) is -0.574. The van der Waals surface area contributed by atoms with Gasteiger partial charge in [-0.2, -0.15) is 0 Å². The summed E-state index contributed by atoms with van der Waals surface area (Å²) >= 11 is 6.06. The first-order chi connectivity index (χ1) is 8.59. The molecule has 2 unspecified atom stereocenters. The van der Waals surface area contributed by atoms with E-state index in [2.05, 4.69) is 0 Å². The van der Waals surface area contributed by atoms with Crippen LogP contribution in [0.5, 0.6) is 0 Å². The second-order valence-corrected chi connectivity index (χ2v) is 5.27. The molecule has 1 saturated carbocycles. The Balaban J connectivity index is 2.05. The molecule has 0 aromatic heterocycles. The zero-order valence-electron chi connectivity index (χ0n) is 9.73. The average molecular weight is 265 g/mol. The van der Waals surface area contributed by atoms with E-state index in [0.29, 0.717) is 16.4 Å². The van der Waals surface area contributed by atoms with Crippen LogP contribution in [0.2, 0.25) is 5.02 Å². The number of hydrogen-bond donors (Lipinski definition) is 1. The fraction of sp³-hybridized carbons (Fsp3) is 0.385. The van der Waals surface area contributed by atoms with Crippen molar-refractivity contribution in [2.75, 3.05) is 10.6 Å². The second-order valence-electron chi connectivity index (χ2n) is 4.87. The highest BCUT2D eigenvalue weighted by atomic mass is 35.5. The van der Waals surface area contributed by atoms with Gasteiger partial charge in [-0.05, 0) is 31.0 Å². The van der Waals surface area contributed by atoms with E-state index in [1.54, 1.807) is 18.2 Å². The first-order valence-electron chi connectivity index (χ1n) is 6.02. The molecule has 0 spiro atoms. The van der Waals surface area contributed by atoms with Gasteiger partial charge in [-0.1, -0.05) is 18.0 Å². The van der Waals surface area contributed by atoms with E-state index >= 15 is 0 Å². The molecule has 1 aromatic rings. The average Bonchev–Trinajstić information content (AvgIpc) is 2.89. The Bertz CT molecular complexity index is 522. The number of halogens is 1. The highest BCUT2D eigenvalue weighted by Gasteiger charge is 2.50. The van der Waals surface area contributed by atoms with Crippen molar-refractivity contribution < 1.29 is 9.59 Å². The van der Waals surface area contributed by atoms with E-state index in [9.17, 15) is 9.59 Å². The topological polar surface area (TPSA) is 63.4 Å². The number of imide groups is 1. The summed E-state index contributed by atoms with van der Waals surface area (Å²) in [5.41, 5.74) is 6.60. The third-order valence-electron chi connectivity index (χ3n) is 3.80. The van der Waals surface area contributed by atoms with Crippen LogP contribution in [0, 0.1) is 11.8 Å². The maximum atomic E-state index is 12.3. The van der Waals surface area contributed by atoms with Crippen molar-refractivity contribution in [3.05, 3.63) is 23.2 Å². The number of anilines is 2. The number of nitrogens with two attached hydrogens (primary N) is 1. The van der Waals surface area contributed by atoms with Gasteiger partial charge in [0.05, 0.1) is 22.5 Å². The molecule has 2 fully saturated rings. The lowest BCUT2D eigenvalue weighted by molar-refractivity contribution is -0.122. The van der Waals surface area contributed by atoms with Gasteiger partial charge in [-0.25, -0.2) is 4.90 Å². The van der Waals surface area contributed by atoms with Crippen molar-refractivity contribution in [3.63, 3.8) is 0 Å². The molecule has 4 nitrogen and oxygen atoms in total. The normalized spacial score (nSPS) is 26.8. The van der Waals surface area contributed by atoms with E-state index in [0.717, 1.165) is 19.3 Å². The van der Waals surface area contributed by atoms with E-state index in [-0.39, 0.29) is 23.7 Å². The summed E-state index contributed by atoms with van der Waals surface area (Å²) in [6.07, 6.45) is 2.54. The van der Waals surface area contributed by atoms with Crippen LogP contribution in [0.25, 0.3) is 0 Å². The number of benzene rings is 1. The molecule has 1 aliphatic carbocycles. The van der Waals surface area contributed by atoms with Gasteiger partial charge in [0, 0.05) is 5.69 Å². The predicted molar refractivity (Wildman–Crippen MR) is 69.2 cm³/mol. The number of carbonyl (C=O) groups is 2. The Labute approximate surface area is 110 Å². The van der Waals surface area contributed by atoms with Crippen molar-refractivity contribution in [2.45, 2.75) is 19.3 Å². The number of carbonyl (C=O) groups excluding carboxylic acids is 2. The third kappa shape index (κ3) is 1.52. The molecule has 2 atom stereocenters. The van der Waals surface area contributed by atoms with Gasteiger partial charge in [-0.3, -0.25) is 9.59 Å². The minimum Gasteiger partial charge on any atom is -0.399 e. The molecule has 2 amide bonds. The number of nitrogen functional groups attached to an aromatic ring is 1. The second kappa shape index (κ2) is 3.99. The van der Waals surface area contributed by atoms with Crippen LogP contribution < -0.4 is 10.6 Å². The number of amides is 2. The van der Waals surface area contributed by atoms with Gasteiger partial charge < -0.3 is 5.73 Å². The van der Waals surface area contributed by atoms with Gasteiger partial charge in [0.1, 0.15) is 0 Å². The minimum absolute atomic E-state index is 0.130. The van der Waals surface area contributed by atoms with Gasteiger partial charge in [0.25, 0.3) is 0 Å². The van der Waals surface area contributed by atoms with E-state index < -0.39 is 0 Å². The molecule has 1 heterocycles. The van der Waals surface area contributed by atoms with Gasteiger partial charge in [0.15, 0.2) is 0 Å². The Hall–Kier alpha value is -1.55. The molecule has 1 saturated heterocycles. The standard InChI is InChI=1S/C13H13ClN2O2/c14-10-5-4-7(15)6-11(10)16-12(17)8-2-1-3-9(8)13(16)18/h4-6,8-9H,1-3,15H2. The molecule has 1 aliphatic heterocycles. The number of hydrogen-bond acceptors (Lipinski definition) is 3. The first-order valence-corrected chi connectivity index (χ1v) is 6.40. The van der Waals surface area contributed by atoms with E-state index in [1.165, 1.54) is 4.90 Å². The quantitative estimate of drug-likeness (QED) is 0.625. The molecular weight excluding hydrogens is 252 g/mol. The Morgan fingerprint density at radius 3 is 2.39 bits per heavy atom. The fourth-order valence-electron chi connectivity index (χ4n) is 2.93. The van der Waals surface area contributed by atoms with Crippen LogP contribution in [0.3, 0.4) is 0 Å². The molecule has 2 aliphatic rings. The van der Waals surface area contributed by atoms with Crippen molar-refractivity contribution in [1.82, 2.24) is 0 Å². The van der Waals surface area contributed by atoms with Crippen molar-refractivity contribution in [3.8, 4) is 0 Å². The molecule has 0 radical (unpaired) electrons. The number of rotatable bonds is 1. The Kier molecular flexibility index (Phi) is 2.55. The lowest BCUT2D eigenvalue weighted by Gasteiger charge is -2.17. The molecule has 5 heteroatoms. The predicted octanol–water partition coefficient (Wildman–Crippen LogP) is 2.21. The smallest absolute Gasteiger partial charge is 0.237 e. The first kappa shape index (κ1) is 11.5. The van der Waals surface area contributed by atoms with Crippen LogP contribution in [0.4, 0.5) is 11.4 Å². The molecule has 3 rings (SSSR count). The summed E-state index contributed by atoms with van der Waals surface area (Å²) in [6, 6.07) is 4.84. The third-order valence-corrected chi connectivity index (χ3v) is 4.12. The monoisotopic (exact) mass is 264 g/mol. The minimum atomic E-state index is -0.157. The zero-order valence-corrected chi connectivity index (χ0v) is 10.5. The highest BCUT2D eigenvalue weighted by Crippen LogP contribution is 2.43. The number of nitrogens with zero attached hydrogens (tertiary/aromatic N) is 1. The molecule has 18 heavy (non-hydrogen) atoms. The maximum Gasteiger partial charge on any atom is 0.237 e. The lowest BCUT2D eigenvalue weighted by Crippen LogP contribution is -2.31. The van der Waals surface area contributed by atoms with Crippen LogP contribution >= 0.6 is 11.6 Å². The molecule has 1 aromatic carbocycles. The van der Waals surface area contributed by atoms with Gasteiger partial charge in [-0.15, -0.1) is 0 Å². The van der Waals surface area contributed by atoms with Crippen LogP contribution in [0.15, 0.2) is 18.2 Å². The molecule has 94 valence electrons. The van der Waals surface area contributed by atoms with Gasteiger partial charge in [0.2, 0.25) is 11.8 Å². The van der Waals surface area contributed by atoms with Gasteiger partial charge >= 0.3 is 0 Å². The SMILES string of the molecule is Nc1ccc(Cl)c(N2C(=O)C3CCCC3C2=O)c1. The molecule has 2 N–H and O–H groups in total. The fourth-order valence-corrected chi connectivity index (χ4v) is 3.13. The van der Waals surface area contributed by atoms with Crippen molar-refractivity contribution >= 4 is 34.8 Å². The molecular formula is C13H13ClN2O2. The van der Waals surface area contributed by atoms with E-state index in [1.807, 2.05) is 0 Å². The maximum absolute atomic E-state index is 12.3. The van der Waals surface area contributed by atoms with E-state index in [4.69, 9.17) is 17.3 Å². The lowest BCUT2D eigenvalue weighted by atomic mass is 10.00. The van der Waals surface area contributed by atoms with Crippen molar-refractivity contribution in [1.29, 1.82) is 0 Å².